The van der Waals surface area contributed by atoms with Crippen molar-refractivity contribution in [2.45, 2.75) is 20.8 Å². The largest absolute Gasteiger partial charge is 0.0791 e. The second-order valence-corrected chi connectivity index (χ2v) is 4.21. The molecule has 1 aliphatic rings. The summed E-state index contributed by atoms with van der Waals surface area (Å²) in [5.41, 5.74) is 6.53. The Morgan fingerprint density at radius 3 is 1.53 bits per heavy atom. The first-order valence-corrected chi connectivity index (χ1v) is 6.93. The van der Waals surface area contributed by atoms with Crippen LogP contribution in [-0.4, -0.2) is 0 Å². The zero-order chi connectivity index (χ0) is 13.7. The minimum atomic E-state index is 1.29. The van der Waals surface area contributed by atoms with E-state index in [2.05, 4.69) is 73.7 Å². The van der Waals surface area contributed by atoms with Crippen molar-refractivity contribution in [3.8, 4) is 0 Å². The summed E-state index contributed by atoms with van der Waals surface area (Å²) in [6.45, 7) is 6.11. The van der Waals surface area contributed by atoms with Gasteiger partial charge < -0.3 is 0 Å². The monoisotopic (exact) mass is 248 g/mol. The molecule has 3 rings (SSSR count). The molecular formula is C19H20. The Hall–Kier alpha value is -2.08. The number of hydrogen-bond acceptors (Lipinski definition) is 0. The van der Waals surface area contributed by atoms with Crippen molar-refractivity contribution in [1.29, 1.82) is 0 Å². The highest BCUT2D eigenvalue weighted by molar-refractivity contribution is 5.93. The van der Waals surface area contributed by atoms with Crippen molar-refractivity contribution in [2.24, 2.45) is 0 Å². The minimum absolute atomic E-state index is 1.29. The van der Waals surface area contributed by atoms with Crippen LogP contribution in [0.1, 0.15) is 43.0 Å². The van der Waals surface area contributed by atoms with E-state index >= 15 is 0 Å². The van der Waals surface area contributed by atoms with Crippen molar-refractivity contribution < 1.29 is 0 Å². The van der Waals surface area contributed by atoms with Gasteiger partial charge in [0.1, 0.15) is 0 Å². The van der Waals surface area contributed by atoms with Gasteiger partial charge in [-0.3, -0.25) is 0 Å². The fourth-order valence-electron chi connectivity index (χ4n) is 2.41. The quantitative estimate of drug-likeness (QED) is 0.482. The summed E-state index contributed by atoms with van der Waals surface area (Å²) >= 11 is 0. The maximum Gasteiger partial charge on any atom is -0.0109 e. The van der Waals surface area contributed by atoms with E-state index in [4.69, 9.17) is 0 Å². The van der Waals surface area contributed by atoms with E-state index in [1.165, 1.54) is 27.8 Å². The molecule has 0 aliphatic heterocycles. The van der Waals surface area contributed by atoms with Gasteiger partial charge in [0.2, 0.25) is 0 Å². The molecule has 0 fully saturated rings. The molecule has 0 bridgehead atoms. The molecule has 0 N–H and O–H groups in total. The first kappa shape index (κ1) is 13.4. The predicted molar refractivity (Wildman–Crippen MR) is 85.9 cm³/mol. The first-order valence-electron chi connectivity index (χ1n) is 6.93. The molecule has 0 aromatic heterocycles. The van der Waals surface area contributed by atoms with Gasteiger partial charge in [0, 0.05) is 0 Å². The molecular weight excluding hydrogens is 228 g/mol. The third-order valence-corrected chi connectivity index (χ3v) is 3.23. The van der Waals surface area contributed by atoms with E-state index in [0.717, 1.165) is 0 Å². The third kappa shape index (κ3) is 2.53. The lowest BCUT2D eigenvalue weighted by Crippen LogP contribution is -1.90. The molecule has 96 valence electrons. The van der Waals surface area contributed by atoms with Crippen molar-refractivity contribution in [3.63, 3.8) is 0 Å². The molecule has 0 spiro atoms. The van der Waals surface area contributed by atoms with E-state index in [0.29, 0.717) is 0 Å². The van der Waals surface area contributed by atoms with Crippen LogP contribution in [0, 0.1) is 0 Å². The summed E-state index contributed by atoms with van der Waals surface area (Å²) in [7, 11) is 0. The summed E-state index contributed by atoms with van der Waals surface area (Å²) in [6, 6.07) is 17.1. The van der Waals surface area contributed by atoms with Crippen molar-refractivity contribution >= 4 is 17.7 Å². The van der Waals surface area contributed by atoms with Gasteiger partial charge in [-0.1, -0.05) is 80.6 Å². The number of rotatable bonds is 0. The SMILES string of the molecule is CC.CC=C1c2ccccc2C=Cc2ccccc21. The highest BCUT2D eigenvalue weighted by Gasteiger charge is 2.12. The molecule has 0 heteroatoms. The molecule has 2 aromatic carbocycles. The van der Waals surface area contributed by atoms with Gasteiger partial charge in [-0.05, 0) is 34.8 Å². The summed E-state index contributed by atoms with van der Waals surface area (Å²) in [5, 5.41) is 0. The summed E-state index contributed by atoms with van der Waals surface area (Å²) < 4.78 is 0. The molecule has 0 radical (unpaired) electrons. The smallest absolute Gasteiger partial charge is 0.0109 e. The molecule has 1 aliphatic carbocycles. The van der Waals surface area contributed by atoms with E-state index in [1.54, 1.807) is 0 Å². The summed E-state index contributed by atoms with van der Waals surface area (Å²) in [4.78, 5) is 0. The zero-order valence-corrected chi connectivity index (χ0v) is 11.9. The molecule has 0 nitrogen and oxygen atoms in total. The normalized spacial score (nSPS) is 11.6. The van der Waals surface area contributed by atoms with E-state index in [-0.39, 0.29) is 0 Å². The lowest BCUT2D eigenvalue weighted by molar-refractivity contribution is 1.50. The van der Waals surface area contributed by atoms with Crippen LogP contribution in [0.2, 0.25) is 0 Å². The fourth-order valence-corrected chi connectivity index (χ4v) is 2.41. The van der Waals surface area contributed by atoms with Gasteiger partial charge in [0.25, 0.3) is 0 Å². The van der Waals surface area contributed by atoms with Crippen molar-refractivity contribution in [2.75, 3.05) is 0 Å². The Bertz CT molecular complexity index is 564. The molecule has 2 aromatic rings. The molecule has 0 saturated heterocycles. The van der Waals surface area contributed by atoms with Gasteiger partial charge in [-0.2, -0.15) is 0 Å². The van der Waals surface area contributed by atoms with E-state index < -0.39 is 0 Å². The highest BCUT2D eigenvalue weighted by atomic mass is 14.2. The molecule has 0 amide bonds. The van der Waals surface area contributed by atoms with Gasteiger partial charge in [0.15, 0.2) is 0 Å². The lowest BCUT2D eigenvalue weighted by Gasteiger charge is -2.10. The molecule has 0 atom stereocenters. The highest BCUT2D eigenvalue weighted by Crippen LogP contribution is 2.33. The maximum atomic E-state index is 2.20. The molecule has 0 heterocycles. The van der Waals surface area contributed by atoms with E-state index in [9.17, 15) is 0 Å². The van der Waals surface area contributed by atoms with Gasteiger partial charge in [-0.25, -0.2) is 0 Å². The summed E-state index contributed by atoms with van der Waals surface area (Å²) in [6.07, 6.45) is 6.60. The molecule has 19 heavy (non-hydrogen) atoms. The van der Waals surface area contributed by atoms with Crippen LogP contribution in [0.4, 0.5) is 0 Å². The van der Waals surface area contributed by atoms with Crippen molar-refractivity contribution in [1.82, 2.24) is 0 Å². The average Bonchev–Trinajstić information content (AvgIpc) is 2.66. The maximum absolute atomic E-state index is 2.20. The minimum Gasteiger partial charge on any atom is -0.0791 e. The Balaban J connectivity index is 0.000000637. The number of benzene rings is 2. The average molecular weight is 248 g/mol. The fraction of sp³-hybridized carbons (Fsp3) is 0.158. The Morgan fingerprint density at radius 2 is 1.11 bits per heavy atom. The van der Waals surface area contributed by atoms with Crippen LogP contribution in [0.3, 0.4) is 0 Å². The topological polar surface area (TPSA) is 0 Å². The Morgan fingerprint density at radius 1 is 0.684 bits per heavy atom. The van der Waals surface area contributed by atoms with Gasteiger partial charge >= 0.3 is 0 Å². The lowest BCUT2D eigenvalue weighted by atomic mass is 9.93. The third-order valence-electron chi connectivity index (χ3n) is 3.23. The number of fused-ring (bicyclic) bond motifs is 2. The Labute approximate surface area is 116 Å². The number of hydrogen-bond donors (Lipinski definition) is 0. The van der Waals surface area contributed by atoms with Crippen molar-refractivity contribution in [3.05, 3.63) is 76.9 Å². The van der Waals surface area contributed by atoms with Gasteiger partial charge in [-0.15, -0.1) is 0 Å². The van der Waals surface area contributed by atoms with E-state index in [1.807, 2.05) is 13.8 Å². The zero-order valence-electron chi connectivity index (χ0n) is 11.9. The van der Waals surface area contributed by atoms with Gasteiger partial charge in [0.05, 0.1) is 0 Å². The van der Waals surface area contributed by atoms with Crippen LogP contribution < -0.4 is 0 Å². The predicted octanol–water partition coefficient (Wildman–Crippen LogP) is 5.65. The second kappa shape index (κ2) is 6.19. The second-order valence-electron chi connectivity index (χ2n) is 4.21. The summed E-state index contributed by atoms with van der Waals surface area (Å²) in [5.74, 6) is 0. The number of allylic oxidation sites excluding steroid dienone is 1. The van der Waals surface area contributed by atoms with Crippen LogP contribution in [0.5, 0.6) is 0 Å². The standard InChI is InChI=1S/C17H14.C2H6/c1-2-15-16-9-5-3-7-13(16)11-12-14-8-4-6-10-17(14)15;1-2/h2-12H,1H3;1-2H3. The van der Waals surface area contributed by atoms with Crippen LogP contribution >= 0.6 is 0 Å². The molecule has 0 unspecified atom stereocenters. The van der Waals surface area contributed by atoms with Crippen LogP contribution in [-0.2, 0) is 0 Å². The van der Waals surface area contributed by atoms with Crippen LogP contribution in [0.15, 0.2) is 54.6 Å². The molecule has 0 saturated carbocycles. The Kier molecular flexibility index (Phi) is 4.35. The van der Waals surface area contributed by atoms with Crippen LogP contribution in [0.25, 0.3) is 17.7 Å². The first-order chi connectivity index (χ1) is 9.40.